The zero-order valence-electron chi connectivity index (χ0n) is 53.3. The summed E-state index contributed by atoms with van der Waals surface area (Å²) in [5.41, 5.74) is 26.1. The Hall–Kier alpha value is -13.0. The van der Waals surface area contributed by atoms with Gasteiger partial charge in [0.05, 0.1) is 5.69 Å². The fraction of sp³-hybridized carbons (Fsp3) is 0. The van der Waals surface area contributed by atoms with Crippen LogP contribution in [0.2, 0.25) is 0 Å². The predicted octanol–water partition coefficient (Wildman–Crippen LogP) is 23.3. The van der Waals surface area contributed by atoms with Gasteiger partial charge in [-0.2, -0.15) is 0 Å². The molecule has 0 aliphatic carbocycles. The first kappa shape index (κ1) is 56.5. The van der Waals surface area contributed by atoms with E-state index in [0.717, 1.165) is 168 Å². The molecule has 0 bridgehead atoms. The fourth-order valence-corrected chi connectivity index (χ4v) is 15.4. The number of benzene rings is 15. The topological polar surface area (TPSA) is 42.5 Å². The third-order valence-corrected chi connectivity index (χ3v) is 19.5. The van der Waals surface area contributed by atoms with Gasteiger partial charge in [-0.3, -0.25) is 0 Å². The van der Waals surface area contributed by atoms with Gasteiger partial charge in [-0.15, -0.1) is 0 Å². The van der Waals surface area contributed by atoms with Gasteiger partial charge in [-0.1, -0.05) is 206 Å². The Morgan fingerprint density at radius 1 is 0.235 bits per heavy atom. The van der Waals surface area contributed by atoms with Crippen LogP contribution in [0.3, 0.4) is 0 Å². The zero-order valence-corrected chi connectivity index (χ0v) is 53.3. The van der Waals surface area contributed by atoms with Crippen LogP contribution in [0, 0.1) is 0 Å². The highest BCUT2D eigenvalue weighted by atomic mass is 16.3. The van der Waals surface area contributed by atoms with Gasteiger partial charge in [-0.05, 0) is 196 Å². The third-order valence-electron chi connectivity index (χ3n) is 19.5. The van der Waals surface area contributed by atoms with Crippen LogP contribution in [0.5, 0.6) is 0 Å². The lowest BCUT2D eigenvalue weighted by Crippen LogP contribution is -2.61. The monoisotopic (exact) mass is 1250 g/mol. The molecule has 0 saturated heterocycles. The Morgan fingerprint density at radius 2 is 0.500 bits per heavy atom. The molecule has 17 aromatic rings. The molecule has 98 heavy (non-hydrogen) atoms. The van der Waals surface area contributed by atoms with Crippen LogP contribution in [0.15, 0.2) is 373 Å². The molecule has 7 nitrogen and oxygen atoms in total. The smallest absolute Gasteiger partial charge is 0.261 e. The number of anilines is 15. The Bertz CT molecular complexity index is 5370. The van der Waals surface area contributed by atoms with E-state index >= 15 is 0 Å². The van der Waals surface area contributed by atoms with Crippen LogP contribution in [0.4, 0.5) is 85.3 Å². The second-order valence-electron chi connectivity index (χ2n) is 25.1. The minimum Gasteiger partial charge on any atom is -0.456 e. The van der Waals surface area contributed by atoms with Gasteiger partial charge in [0.1, 0.15) is 22.3 Å². The molecule has 0 amide bonds. The lowest BCUT2D eigenvalue weighted by atomic mass is 9.33. The first-order valence-electron chi connectivity index (χ1n) is 33.4. The first-order chi connectivity index (χ1) is 48.7. The van der Waals surface area contributed by atoms with E-state index in [9.17, 15) is 0 Å². The SMILES string of the molecule is c1ccc(-c2cc3c(c4oc5ccccc5c24)B2c4c(cc(N(c5ccccc5)c5ccccc5)cc4N(c4ccc(N(c5ccccc5)c5ccccc5)cc4)c4cc(-c5ccccc5)c5c(oc6ccccc65)c42)N3c2ccc(N(c3ccccc3)c3ccccc3)cc2)cc1. The maximum Gasteiger partial charge on any atom is 0.261 e. The number of furan rings is 2. The number of rotatable bonds is 13. The average Bonchev–Trinajstić information content (AvgIpc) is 1.61. The summed E-state index contributed by atoms with van der Waals surface area (Å²) in [6.45, 7) is -0.467. The molecule has 4 heterocycles. The second kappa shape index (κ2) is 23.5. The van der Waals surface area contributed by atoms with Crippen molar-refractivity contribution < 1.29 is 8.83 Å². The Balaban J connectivity index is 0.966. The molecule has 2 aliphatic rings. The Labute approximate surface area is 568 Å². The number of para-hydroxylation sites is 8. The van der Waals surface area contributed by atoms with E-state index < -0.39 is 6.71 Å². The summed E-state index contributed by atoms with van der Waals surface area (Å²) in [7, 11) is 0. The molecule has 19 rings (SSSR count). The van der Waals surface area contributed by atoms with Crippen molar-refractivity contribution in [2.75, 3.05) is 24.5 Å². The van der Waals surface area contributed by atoms with E-state index in [-0.39, 0.29) is 0 Å². The molecule has 2 aliphatic heterocycles. The van der Waals surface area contributed by atoms with Crippen LogP contribution in [0.25, 0.3) is 66.1 Å². The van der Waals surface area contributed by atoms with Crippen LogP contribution < -0.4 is 40.9 Å². The minimum absolute atomic E-state index is 0.467. The van der Waals surface area contributed by atoms with Crippen molar-refractivity contribution in [3.8, 4) is 22.3 Å². The number of hydrogen-bond acceptors (Lipinski definition) is 7. The Kier molecular flexibility index (Phi) is 13.5. The van der Waals surface area contributed by atoms with Gasteiger partial charge in [0.2, 0.25) is 0 Å². The van der Waals surface area contributed by atoms with E-state index in [4.69, 9.17) is 8.83 Å². The highest BCUT2D eigenvalue weighted by molar-refractivity contribution is 7.03. The molecular weight excluding hydrogens is 1190 g/mol. The fourth-order valence-electron chi connectivity index (χ4n) is 15.4. The molecule has 0 spiro atoms. The van der Waals surface area contributed by atoms with Gasteiger partial charge in [-0.25, -0.2) is 0 Å². The van der Waals surface area contributed by atoms with Crippen molar-refractivity contribution in [3.05, 3.63) is 364 Å². The first-order valence-corrected chi connectivity index (χ1v) is 33.4. The molecule has 0 atom stereocenters. The summed E-state index contributed by atoms with van der Waals surface area (Å²) in [5.74, 6) is 0. The normalized spacial score (nSPS) is 12.2. The quantitative estimate of drug-likeness (QED) is 0.107. The van der Waals surface area contributed by atoms with Crippen molar-refractivity contribution in [2.24, 2.45) is 0 Å². The maximum absolute atomic E-state index is 7.64. The molecule has 8 heteroatoms. The van der Waals surface area contributed by atoms with Gasteiger partial charge in [0.25, 0.3) is 6.71 Å². The summed E-state index contributed by atoms with van der Waals surface area (Å²) in [5, 5.41) is 4.23. The molecule has 0 radical (unpaired) electrons. The summed E-state index contributed by atoms with van der Waals surface area (Å²) in [4.78, 5) is 12.1. The van der Waals surface area contributed by atoms with Gasteiger partial charge in [0, 0.05) is 101 Å². The second-order valence-corrected chi connectivity index (χ2v) is 25.1. The van der Waals surface area contributed by atoms with Crippen molar-refractivity contribution in [1.29, 1.82) is 0 Å². The molecule has 2 aromatic heterocycles. The van der Waals surface area contributed by atoms with E-state index in [1.165, 1.54) is 0 Å². The average molecular weight is 1250 g/mol. The van der Waals surface area contributed by atoms with Crippen molar-refractivity contribution in [3.63, 3.8) is 0 Å². The molecule has 460 valence electrons. The highest BCUT2D eigenvalue weighted by Crippen LogP contribution is 2.54. The molecule has 0 saturated carbocycles. The van der Waals surface area contributed by atoms with Crippen LogP contribution in [-0.2, 0) is 0 Å². The van der Waals surface area contributed by atoms with Crippen molar-refractivity contribution in [1.82, 2.24) is 0 Å². The maximum atomic E-state index is 7.64. The zero-order chi connectivity index (χ0) is 64.6. The molecule has 0 N–H and O–H groups in total. The molecular formula is C90H60BN5O2. The Morgan fingerprint density at radius 3 is 0.827 bits per heavy atom. The number of hydrogen-bond donors (Lipinski definition) is 0. The van der Waals surface area contributed by atoms with Gasteiger partial charge in [0.15, 0.2) is 0 Å². The lowest BCUT2D eigenvalue weighted by Gasteiger charge is -2.45. The minimum atomic E-state index is -0.467. The predicted molar refractivity (Wildman–Crippen MR) is 410 cm³/mol. The summed E-state index contributed by atoms with van der Waals surface area (Å²) < 4.78 is 15.3. The molecule has 15 aromatic carbocycles. The number of nitrogens with zero attached hydrogens (tertiary/aromatic N) is 5. The summed E-state index contributed by atoms with van der Waals surface area (Å²) in [6, 6.07) is 131. The van der Waals surface area contributed by atoms with E-state index in [1.54, 1.807) is 0 Å². The van der Waals surface area contributed by atoms with Crippen LogP contribution in [0.1, 0.15) is 0 Å². The summed E-state index contributed by atoms with van der Waals surface area (Å²) in [6.07, 6.45) is 0. The summed E-state index contributed by atoms with van der Waals surface area (Å²) >= 11 is 0. The largest absolute Gasteiger partial charge is 0.456 e. The van der Waals surface area contributed by atoms with E-state index in [0.29, 0.717) is 0 Å². The number of fused-ring (bicyclic) bond motifs is 12. The molecule has 0 fully saturated rings. The van der Waals surface area contributed by atoms with Crippen molar-refractivity contribution >= 4 is 152 Å². The van der Waals surface area contributed by atoms with E-state index in [1.807, 2.05) is 0 Å². The van der Waals surface area contributed by atoms with Crippen LogP contribution >= 0.6 is 0 Å². The third kappa shape index (κ3) is 9.29. The van der Waals surface area contributed by atoms with Gasteiger partial charge < -0.3 is 33.3 Å². The standard InChI is InChI=1S/C90H60BN5O2/c1-9-29-61(30-10-1)76-59-80-87(89-84(76)74-45-25-27-47-82(74)97-89)91-86-78(95(80)71-53-49-69(50-54-71)92(63-33-13-3-14-34-63)64-35-15-4-16-36-64)57-73(94(67-41-21-7-22-42-67)68-43-23-8-24-44-68)58-79(86)96(72-55-51-70(52-56-72)93(65-37-17-5-18-38-65)66-39-19-6-20-40-66)81-60-77(62-31-11-2-12-32-62)85-75-46-26-28-48-83(75)98-90(85)88(81)91/h1-60H. The van der Waals surface area contributed by atoms with Gasteiger partial charge >= 0.3 is 0 Å². The van der Waals surface area contributed by atoms with E-state index in [2.05, 4.69) is 388 Å². The highest BCUT2D eigenvalue weighted by Gasteiger charge is 2.48. The van der Waals surface area contributed by atoms with Crippen LogP contribution in [-0.4, -0.2) is 6.71 Å². The van der Waals surface area contributed by atoms with Crippen molar-refractivity contribution in [2.45, 2.75) is 0 Å². The molecule has 0 unspecified atom stereocenters. The lowest BCUT2D eigenvalue weighted by molar-refractivity contribution is 0.671.